The van der Waals surface area contributed by atoms with Gasteiger partial charge in [-0.15, -0.1) is 0 Å². The van der Waals surface area contributed by atoms with Gasteiger partial charge < -0.3 is 4.74 Å². The molecule has 2 aromatic carbocycles. The number of ketones is 1. The molecule has 0 radical (unpaired) electrons. The van der Waals surface area contributed by atoms with Crippen molar-refractivity contribution in [3.8, 4) is 0 Å². The fourth-order valence-corrected chi connectivity index (χ4v) is 2.38. The number of anilines is 1. The Morgan fingerprint density at radius 1 is 1.00 bits per heavy atom. The summed E-state index contributed by atoms with van der Waals surface area (Å²) in [6.45, 7) is 11.3. The highest BCUT2D eigenvalue weighted by Gasteiger charge is 2.27. The number of benzene rings is 2. The molecule has 9 heteroatoms. The largest absolute Gasteiger partial charge is 0.444 e. The van der Waals surface area contributed by atoms with Gasteiger partial charge in [-0.1, -0.05) is 0 Å². The standard InChI is InChI=1S/C20H18F3N3O3/c1-20(2,3)29-19(28)26-14-9-11(21)16(22)15(17(14)23)18(27)10-6-7-12(24-4)13(8-10)25-5/h6-9H,4-5H2,1-3H3,(H,26,28). The number of nitrogens with zero attached hydrogens (tertiary/aromatic N) is 2. The van der Waals surface area contributed by atoms with Gasteiger partial charge in [-0.2, -0.15) is 0 Å². The minimum absolute atomic E-state index is 0.148. The Morgan fingerprint density at radius 3 is 2.17 bits per heavy atom. The van der Waals surface area contributed by atoms with Crippen LogP contribution in [-0.2, 0) is 4.74 Å². The normalized spacial score (nSPS) is 11.0. The van der Waals surface area contributed by atoms with Crippen LogP contribution in [0.3, 0.4) is 0 Å². The van der Waals surface area contributed by atoms with Crippen LogP contribution in [0.15, 0.2) is 34.3 Å². The molecule has 2 rings (SSSR count). The summed E-state index contributed by atoms with van der Waals surface area (Å²) in [6, 6.07) is 4.18. The van der Waals surface area contributed by atoms with Gasteiger partial charge >= 0.3 is 6.09 Å². The Hall–Kier alpha value is -3.49. The predicted molar refractivity (Wildman–Crippen MR) is 104 cm³/mol. The van der Waals surface area contributed by atoms with E-state index in [2.05, 4.69) is 23.4 Å². The zero-order valence-electron chi connectivity index (χ0n) is 16.0. The molecule has 0 heterocycles. The highest BCUT2D eigenvalue weighted by atomic mass is 19.2. The number of rotatable bonds is 5. The first-order valence-corrected chi connectivity index (χ1v) is 8.28. The molecule has 0 saturated carbocycles. The topological polar surface area (TPSA) is 80.1 Å². The molecule has 0 bridgehead atoms. The lowest BCUT2D eigenvalue weighted by atomic mass is 10.00. The molecule has 2 aromatic rings. The van der Waals surface area contributed by atoms with Crippen LogP contribution in [0.25, 0.3) is 0 Å². The Labute approximate surface area is 165 Å². The molecule has 0 unspecified atom stereocenters. The van der Waals surface area contributed by atoms with Gasteiger partial charge in [-0.25, -0.2) is 18.0 Å². The van der Waals surface area contributed by atoms with Gasteiger partial charge in [0, 0.05) is 11.6 Å². The second kappa shape index (κ2) is 8.26. The smallest absolute Gasteiger partial charge is 0.412 e. The van der Waals surface area contributed by atoms with Crippen LogP contribution in [0, 0.1) is 17.5 Å². The molecule has 0 aliphatic carbocycles. The van der Waals surface area contributed by atoms with E-state index >= 15 is 0 Å². The maximum Gasteiger partial charge on any atom is 0.412 e. The van der Waals surface area contributed by atoms with Gasteiger partial charge in [0.2, 0.25) is 0 Å². The van der Waals surface area contributed by atoms with Crippen molar-refractivity contribution in [3.05, 3.63) is 52.8 Å². The molecule has 0 atom stereocenters. The number of nitrogens with one attached hydrogen (secondary N) is 1. The van der Waals surface area contributed by atoms with E-state index in [0.717, 1.165) is 0 Å². The van der Waals surface area contributed by atoms with E-state index in [-0.39, 0.29) is 11.3 Å². The molecule has 0 spiro atoms. The highest BCUT2D eigenvalue weighted by molar-refractivity contribution is 6.11. The summed E-state index contributed by atoms with van der Waals surface area (Å²) in [7, 11) is 0. The van der Waals surface area contributed by atoms with Crippen LogP contribution < -0.4 is 5.32 Å². The average Bonchev–Trinajstić information content (AvgIpc) is 2.64. The lowest BCUT2D eigenvalue weighted by Crippen LogP contribution is -2.28. The summed E-state index contributed by atoms with van der Waals surface area (Å²) in [5.74, 6) is -5.82. The van der Waals surface area contributed by atoms with Crippen molar-refractivity contribution in [1.29, 1.82) is 0 Å². The average molecular weight is 405 g/mol. The maximum absolute atomic E-state index is 14.8. The summed E-state index contributed by atoms with van der Waals surface area (Å²) < 4.78 is 48.0. The van der Waals surface area contributed by atoms with E-state index in [4.69, 9.17) is 4.74 Å². The number of carbonyl (C=O) groups excluding carboxylic acids is 2. The number of hydrogen-bond donors (Lipinski definition) is 1. The molecule has 29 heavy (non-hydrogen) atoms. The minimum atomic E-state index is -1.69. The van der Waals surface area contributed by atoms with Crippen LogP contribution in [-0.4, -0.2) is 30.9 Å². The van der Waals surface area contributed by atoms with Gasteiger partial charge in [-0.3, -0.25) is 20.1 Å². The quantitative estimate of drug-likeness (QED) is 0.414. The molecular formula is C20H18F3N3O3. The number of carbonyl (C=O) groups is 2. The van der Waals surface area contributed by atoms with E-state index in [1.165, 1.54) is 18.2 Å². The second-order valence-electron chi connectivity index (χ2n) is 6.88. The Balaban J connectivity index is 2.51. The Morgan fingerprint density at radius 2 is 1.62 bits per heavy atom. The van der Waals surface area contributed by atoms with E-state index < -0.39 is 46.2 Å². The number of ether oxygens (including phenoxy) is 1. The fourth-order valence-electron chi connectivity index (χ4n) is 2.38. The molecule has 0 aromatic heterocycles. The second-order valence-corrected chi connectivity index (χ2v) is 6.88. The number of amides is 1. The van der Waals surface area contributed by atoms with Gasteiger partial charge in [-0.05, 0) is 52.4 Å². The van der Waals surface area contributed by atoms with Crippen molar-refractivity contribution >= 4 is 42.4 Å². The van der Waals surface area contributed by atoms with E-state index in [0.29, 0.717) is 11.8 Å². The fraction of sp³-hybridized carbons (Fsp3) is 0.200. The summed E-state index contributed by atoms with van der Waals surface area (Å²) in [5.41, 5.74) is -2.57. The van der Waals surface area contributed by atoms with Gasteiger partial charge in [0.25, 0.3) is 0 Å². The predicted octanol–water partition coefficient (Wildman–Crippen LogP) is 5.35. The molecular weight excluding hydrogens is 387 g/mol. The van der Waals surface area contributed by atoms with E-state index in [9.17, 15) is 22.8 Å². The Bertz CT molecular complexity index is 1010. The van der Waals surface area contributed by atoms with Crippen molar-refractivity contribution in [1.82, 2.24) is 0 Å². The molecule has 1 amide bonds. The summed E-state index contributed by atoms with van der Waals surface area (Å²) in [4.78, 5) is 31.9. The van der Waals surface area contributed by atoms with Crippen molar-refractivity contribution in [3.63, 3.8) is 0 Å². The van der Waals surface area contributed by atoms with Crippen LogP contribution in [0.4, 0.5) is 35.0 Å². The highest BCUT2D eigenvalue weighted by Crippen LogP contribution is 2.31. The molecule has 0 saturated heterocycles. The Kier molecular flexibility index (Phi) is 6.21. The maximum atomic E-state index is 14.8. The SMILES string of the molecule is C=Nc1ccc(C(=O)c2c(F)c(F)cc(NC(=O)OC(C)(C)C)c2F)cc1N=C. The zero-order chi connectivity index (χ0) is 21.9. The van der Waals surface area contributed by atoms with Crippen LogP contribution in [0.2, 0.25) is 0 Å². The monoisotopic (exact) mass is 405 g/mol. The minimum Gasteiger partial charge on any atom is -0.444 e. The molecule has 0 aliphatic rings. The first kappa shape index (κ1) is 21.8. The first-order valence-electron chi connectivity index (χ1n) is 8.28. The summed E-state index contributed by atoms with van der Waals surface area (Å²) in [6.07, 6.45) is -1.10. The van der Waals surface area contributed by atoms with Crippen LogP contribution >= 0.6 is 0 Å². The molecule has 6 nitrogen and oxygen atoms in total. The van der Waals surface area contributed by atoms with Crippen molar-refractivity contribution in [2.45, 2.75) is 26.4 Å². The number of hydrogen-bond acceptors (Lipinski definition) is 5. The third-order valence-electron chi connectivity index (χ3n) is 3.60. The van der Waals surface area contributed by atoms with Gasteiger partial charge in [0.1, 0.15) is 5.60 Å². The van der Waals surface area contributed by atoms with Gasteiger partial charge in [0.15, 0.2) is 23.2 Å². The third kappa shape index (κ3) is 4.87. The molecule has 0 aliphatic heterocycles. The zero-order valence-corrected chi connectivity index (χ0v) is 16.0. The third-order valence-corrected chi connectivity index (χ3v) is 3.60. The van der Waals surface area contributed by atoms with Crippen molar-refractivity contribution < 1.29 is 27.5 Å². The van der Waals surface area contributed by atoms with Crippen LogP contribution in [0.5, 0.6) is 0 Å². The van der Waals surface area contributed by atoms with Gasteiger partial charge in [0.05, 0.1) is 22.6 Å². The molecule has 0 fully saturated rings. The van der Waals surface area contributed by atoms with E-state index in [1.807, 2.05) is 5.32 Å². The molecule has 1 N–H and O–H groups in total. The van der Waals surface area contributed by atoms with Crippen molar-refractivity contribution in [2.24, 2.45) is 9.98 Å². The summed E-state index contributed by atoms with van der Waals surface area (Å²) >= 11 is 0. The molecule has 152 valence electrons. The number of halogens is 3. The number of aliphatic imine (C=N–C) groups is 2. The van der Waals surface area contributed by atoms with Crippen molar-refractivity contribution in [2.75, 3.05) is 5.32 Å². The van der Waals surface area contributed by atoms with E-state index in [1.54, 1.807) is 20.8 Å². The van der Waals surface area contributed by atoms with Crippen LogP contribution in [0.1, 0.15) is 36.7 Å². The summed E-state index contributed by atoms with van der Waals surface area (Å²) in [5, 5.41) is 1.98. The lowest BCUT2D eigenvalue weighted by molar-refractivity contribution is 0.0634. The first-order chi connectivity index (χ1) is 13.5. The lowest BCUT2D eigenvalue weighted by Gasteiger charge is -2.20.